The third-order valence-corrected chi connectivity index (χ3v) is 8.26. The van der Waals surface area contributed by atoms with E-state index in [1.54, 1.807) is 4.90 Å². The summed E-state index contributed by atoms with van der Waals surface area (Å²) in [5.41, 5.74) is 0.766. The van der Waals surface area contributed by atoms with Crippen molar-refractivity contribution in [2.45, 2.75) is 43.9 Å². The van der Waals surface area contributed by atoms with E-state index < -0.39 is 10.0 Å². The first-order chi connectivity index (χ1) is 13.9. The van der Waals surface area contributed by atoms with Gasteiger partial charge in [0, 0.05) is 45.2 Å². The van der Waals surface area contributed by atoms with Crippen LogP contribution in [0.15, 0.2) is 30.3 Å². The van der Waals surface area contributed by atoms with Gasteiger partial charge >= 0.3 is 0 Å². The smallest absolute Gasteiger partial charge is 0.228 e. The normalized spacial score (nSPS) is 24.4. The van der Waals surface area contributed by atoms with Crippen molar-refractivity contribution in [1.29, 1.82) is 0 Å². The summed E-state index contributed by atoms with van der Waals surface area (Å²) in [5, 5.41) is 0. The Hall–Kier alpha value is -1.93. The second kappa shape index (κ2) is 8.44. The molecule has 7 nitrogen and oxygen atoms in total. The third-order valence-electron chi connectivity index (χ3n) is 6.41. The molecule has 2 heterocycles. The van der Waals surface area contributed by atoms with E-state index in [4.69, 9.17) is 0 Å². The second-order valence-electron chi connectivity index (χ2n) is 8.35. The fourth-order valence-electron chi connectivity index (χ4n) is 4.79. The summed E-state index contributed by atoms with van der Waals surface area (Å²) in [6, 6.07) is 9.45. The Morgan fingerprint density at radius 3 is 2.31 bits per heavy atom. The number of sulfonamides is 1. The van der Waals surface area contributed by atoms with E-state index in [-0.39, 0.29) is 23.5 Å². The molecule has 1 aromatic carbocycles. The van der Waals surface area contributed by atoms with Crippen molar-refractivity contribution < 1.29 is 18.0 Å². The summed E-state index contributed by atoms with van der Waals surface area (Å²) < 4.78 is 26.9. The van der Waals surface area contributed by atoms with E-state index in [9.17, 15) is 18.0 Å². The fraction of sp³-hybridized carbons (Fsp3) is 0.619. The molecule has 1 atom stereocenters. The average Bonchev–Trinajstić information content (AvgIpc) is 3.37. The Balaban J connectivity index is 1.31. The average molecular weight is 420 g/mol. The summed E-state index contributed by atoms with van der Waals surface area (Å²) in [6.45, 7) is 1.93. The Bertz CT molecular complexity index is 844. The van der Waals surface area contributed by atoms with Crippen LogP contribution in [0.2, 0.25) is 0 Å². The predicted molar refractivity (Wildman–Crippen MR) is 109 cm³/mol. The van der Waals surface area contributed by atoms with E-state index in [2.05, 4.69) is 0 Å². The van der Waals surface area contributed by atoms with Crippen LogP contribution in [0.5, 0.6) is 0 Å². The van der Waals surface area contributed by atoms with Gasteiger partial charge in [-0.15, -0.1) is 0 Å². The van der Waals surface area contributed by atoms with Crippen LogP contribution in [0.3, 0.4) is 0 Å². The first kappa shape index (κ1) is 20.3. The lowest BCUT2D eigenvalue weighted by molar-refractivity contribution is -0.137. The van der Waals surface area contributed by atoms with Gasteiger partial charge in [-0.3, -0.25) is 9.59 Å². The predicted octanol–water partition coefficient (Wildman–Crippen LogP) is 1.45. The Morgan fingerprint density at radius 1 is 1.00 bits per heavy atom. The van der Waals surface area contributed by atoms with Crippen molar-refractivity contribution in [3.63, 3.8) is 0 Å². The van der Waals surface area contributed by atoms with Gasteiger partial charge in [-0.1, -0.05) is 43.2 Å². The number of nitrogens with zero attached hydrogens (tertiary/aromatic N) is 3. The standard InChI is InChI=1S/C21H29N3O4S/c25-20-14-18(15-24(20)19-8-4-5-9-19)21(26)22-10-12-23(13-11-22)29(27,28)16-17-6-2-1-3-7-17/h1-3,6-7,18-19H,4-5,8-16H2/t18-/m0/s1. The molecule has 8 heteroatoms. The number of likely N-dealkylation sites (tertiary alicyclic amines) is 1. The number of carbonyl (C=O) groups is 2. The molecule has 0 N–H and O–H groups in total. The molecular formula is C21H29N3O4S. The topological polar surface area (TPSA) is 78.0 Å². The Labute approximate surface area is 172 Å². The molecule has 2 amide bonds. The minimum atomic E-state index is -3.40. The maximum Gasteiger partial charge on any atom is 0.228 e. The SMILES string of the molecule is O=C([C@H]1CC(=O)N(C2CCCC2)C1)N1CCN(S(=O)(=O)Cc2ccccc2)CC1. The second-order valence-corrected chi connectivity index (χ2v) is 10.3. The zero-order valence-electron chi connectivity index (χ0n) is 16.7. The molecule has 3 fully saturated rings. The van der Waals surface area contributed by atoms with E-state index >= 15 is 0 Å². The highest BCUT2D eigenvalue weighted by atomic mass is 32.2. The zero-order valence-corrected chi connectivity index (χ0v) is 17.5. The fourth-order valence-corrected chi connectivity index (χ4v) is 6.30. The van der Waals surface area contributed by atoms with Crippen LogP contribution in [-0.4, -0.2) is 73.1 Å². The van der Waals surface area contributed by atoms with Crippen LogP contribution in [0, 0.1) is 5.92 Å². The van der Waals surface area contributed by atoms with Crippen LogP contribution in [-0.2, 0) is 25.4 Å². The van der Waals surface area contributed by atoms with Crippen molar-refractivity contribution in [3.8, 4) is 0 Å². The summed E-state index contributed by atoms with van der Waals surface area (Å²) in [4.78, 5) is 29.0. The van der Waals surface area contributed by atoms with Gasteiger partial charge in [-0.2, -0.15) is 4.31 Å². The first-order valence-corrected chi connectivity index (χ1v) is 12.1. The number of benzene rings is 1. The highest BCUT2D eigenvalue weighted by molar-refractivity contribution is 7.88. The van der Waals surface area contributed by atoms with Crippen LogP contribution >= 0.6 is 0 Å². The molecule has 4 rings (SSSR count). The van der Waals surface area contributed by atoms with Crippen molar-refractivity contribution in [2.75, 3.05) is 32.7 Å². The van der Waals surface area contributed by atoms with Gasteiger partial charge in [0.05, 0.1) is 11.7 Å². The Morgan fingerprint density at radius 2 is 1.66 bits per heavy atom. The van der Waals surface area contributed by atoms with Crippen LogP contribution < -0.4 is 0 Å². The first-order valence-electron chi connectivity index (χ1n) is 10.5. The van der Waals surface area contributed by atoms with Gasteiger partial charge in [0.2, 0.25) is 21.8 Å². The molecule has 0 bridgehead atoms. The summed E-state index contributed by atoms with van der Waals surface area (Å²) in [6.07, 6.45) is 4.70. The van der Waals surface area contributed by atoms with Crippen molar-refractivity contribution >= 4 is 21.8 Å². The molecule has 0 radical (unpaired) electrons. The lowest BCUT2D eigenvalue weighted by atomic mass is 10.1. The molecule has 158 valence electrons. The molecule has 3 aliphatic rings. The monoisotopic (exact) mass is 419 g/mol. The summed E-state index contributed by atoms with van der Waals surface area (Å²) in [7, 11) is -3.40. The molecule has 0 aromatic heterocycles. The van der Waals surface area contributed by atoms with E-state index in [0.29, 0.717) is 45.2 Å². The molecule has 1 aliphatic carbocycles. The van der Waals surface area contributed by atoms with Gasteiger partial charge in [0.15, 0.2) is 0 Å². The highest BCUT2D eigenvalue weighted by Crippen LogP contribution is 2.30. The number of piperazine rings is 1. The molecular weight excluding hydrogens is 390 g/mol. The minimum Gasteiger partial charge on any atom is -0.340 e. The quantitative estimate of drug-likeness (QED) is 0.724. The molecule has 2 saturated heterocycles. The number of hydrogen-bond acceptors (Lipinski definition) is 4. The van der Waals surface area contributed by atoms with Crippen LogP contribution in [0.4, 0.5) is 0 Å². The zero-order chi connectivity index (χ0) is 20.4. The Kier molecular flexibility index (Phi) is 5.92. The minimum absolute atomic E-state index is 0.000968. The maximum atomic E-state index is 12.9. The van der Waals surface area contributed by atoms with Crippen molar-refractivity contribution in [2.24, 2.45) is 5.92 Å². The van der Waals surface area contributed by atoms with Gasteiger partial charge in [-0.25, -0.2) is 8.42 Å². The summed E-state index contributed by atoms with van der Waals surface area (Å²) in [5.74, 6) is -0.205. The van der Waals surface area contributed by atoms with E-state index in [1.165, 1.54) is 4.31 Å². The third kappa shape index (κ3) is 4.48. The largest absolute Gasteiger partial charge is 0.340 e. The molecule has 29 heavy (non-hydrogen) atoms. The molecule has 0 spiro atoms. The van der Waals surface area contributed by atoms with E-state index in [1.807, 2.05) is 35.2 Å². The number of carbonyl (C=O) groups excluding carboxylic acids is 2. The van der Waals surface area contributed by atoms with Crippen molar-refractivity contribution in [3.05, 3.63) is 35.9 Å². The molecule has 1 aromatic rings. The molecule has 2 aliphatic heterocycles. The van der Waals surface area contributed by atoms with Gasteiger partial charge in [0.1, 0.15) is 0 Å². The number of rotatable bonds is 5. The van der Waals surface area contributed by atoms with Gasteiger partial charge in [0.25, 0.3) is 0 Å². The lowest BCUT2D eigenvalue weighted by Crippen LogP contribution is -2.52. The van der Waals surface area contributed by atoms with Crippen LogP contribution in [0.25, 0.3) is 0 Å². The van der Waals surface area contributed by atoms with Crippen molar-refractivity contribution in [1.82, 2.24) is 14.1 Å². The lowest BCUT2D eigenvalue weighted by Gasteiger charge is -2.35. The molecule has 0 unspecified atom stereocenters. The number of hydrogen-bond donors (Lipinski definition) is 0. The van der Waals surface area contributed by atoms with Gasteiger partial charge in [-0.05, 0) is 18.4 Å². The van der Waals surface area contributed by atoms with Crippen LogP contribution in [0.1, 0.15) is 37.7 Å². The van der Waals surface area contributed by atoms with Gasteiger partial charge < -0.3 is 9.80 Å². The number of amides is 2. The van der Waals surface area contributed by atoms with E-state index in [0.717, 1.165) is 31.2 Å². The summed E-state index contributed by atoms with van der Waals surface area (Å²) >= 11 is 0. The molecule has 1 saturated carbocycles. The highest BCUT2D eigenvalue weighted by Gasteiger charge is 2.41. The maximum absolute atomic E-state index is 12.9.